The lowest BCUT2D eigenvalue weighted by molar-refractivity contribution is -0.138. The number of hydrogen-bond acceptors (Lipinski definition) is 5. The first-order chi connectivity index (χ1) is 16.7. The second kappa shape index (κ2) is 9.95. The quantitative estimate of drug-likeness (QED) is 0.611. The van der Waals surface area contributed by atoms with Crippen molar-refractivity contribution in [1.82, 2.24) is 29.9 Å². The summed E-state index contributed by atoms with van der Waals surface area (Å²) in [6.45, 7) is 0.0900. The molecule has 4 rings (SSSR count). The van der Waals surface area contributed by atoms with Crippen LogP contribution in [0.25, 0.3) is 11.1 Å². The number of rotatable bonds is 4. The van der Waals surface area contributed by atoms with E-state index in [-0.39, 0.29) is 38.6 Å². The Morgan fingerprint density at radius 3 is 2.29 bits per heavy atom. The molecule has 1 aliphatic rings. The van der Waals surface area contributed by atoms with Gasteiger partial charge in [-0.15, -0.1) is 0 Å². The molecule has 1 N–H and O–H groups in total. The number of alkyl halides is 3. The van der Waals surface area contributed by atoms with Crippen molar-refractivity contribution in [3.05, 3.63) is 72.3 Å². The molecule has 3 heterocycles. The normalized spacial score (nSPS) is 14.0. The lowest BCUT2D eigenvalue weighted by Gasteiger charge is -2.35. The van der Waals surface area contributed by atoms with Gasteiger partial charge in [0.15, 0.2) is 0 Å². The Hall–Kier alpha value is -4.22. The largest absolute Gasteiger partial charge is 0.417 e. The van der Waals surface area contributed by atoms with Gasteiger partial charge in [0.2, 0.25) is 5.91 Å². The molecular weight excluding hydrogens is 465 g/mol. The Bertz CT molecular complexity index is 1220. The molecule has 1 saturated heterocycles. The highest BCUT2D eigenvalue weighted by Crippen LogP contribution is 2.32. The molecule has 35 heavy (non-hydrogen) atoms. The number of pyridine rings is 1. The van der Waals surface area contributed by atoms with Crippen molar-refractivity contribution in [2.24, 2.45) is 0 Å². The van der Waals surface area contributed by atoms with Crippen LogP contribution in [0, 0.1) is 0 Å². The van der Waals surface area contributed by atoms with Crippen LogP contribution in [0.5, 0.6) is 0 Å². The van der Waals surface area contributed by atoms with E-state index < -0.39 is 29.2 Å². The molecule has 2 aromatic heterocycles. The topological polar surface area (TPSA) is 100 Å². The molecule has 182 valence electrons. The van der Waals surface area contributed by atoms with Crippen LogP contribution in [0.15, 0.2) is 61.2 Å². The fraction of sp³-hybridized carbons (Fsp3) is 0.261. The maximum absolute atomic E-state index is 13.2. The lowest BCUT2D eigenvalue weighted by atomic mass is 10.1. The van der Waals surface area contributed by atoms with Crippen molar-refractivity contribution >= 4 is 17.8 Å². The van der Waals surface area contributed by atoms with Crippen molar-refractivity contribution in [2.75, 3.05) is 32.7 Å². The zero-order valence-corrected chi connectivity index (χ0v) is 18.4. The predicted octanol–water partition coefficient (Wildman–Crippen LogP) is 2.51. The van der Waals surface area contributed by atoms with Gasteiger partial charge in [-0.05, 0) is 11.6 Å². The Kier molecular flexibility index (Phi) is 6.80. The summed E-state index contributed by atoms with van der Waals surface area (Å²) in [5, 5.41) is 6.52. The molecule has 1 aliphatic heterocycles. The Morgan fingerprint density at radius 2 is 1.60 bits per heavy atom. The van der Waals surface area contributed by atoms with E-state index in [1.165, 1.54) is 9.80 Å². The monoisotopic (exact) mass is 486 g/mol. The number of piperazine rings is 1. The van der Waals surface area contributed by atoms with Gasteiger partial charge in [-0.25, -0.2) is 4.79 Å². The van der Waals surface area contributed by atoms with Crippen LogP contribution in [0.2, 0.25) is 0 Å². The molecule has 1 fully saturated rings. The second-order valence-corrected chi connectivity index (χ2v) is 7.79. The van der Waals surface area contributed by atoms with Crippen LogP contribution in [-0.2, 0) is 11.0 Å². The number of halogens is 3. The molecule has 0 unspecified atom stereocenters. The summed E-state index contributed by atoms with van der Waals surface area (Å²) in [5.74, 6) is -1.17. The van der Waals surface area contributed by atoms with Crippen molar-refractivity contribution in [3.8, 4) is 11.1 Å². The molecule has 3 aromatic rings. The van der Waals surface area contributed by atoms with Gasteiger partial charge in [0.25, 0.3) is 5.91 Å². The maximum Gasteiger partial charge on any atom is 0.417 e. The molecule has 9 nitrogen and oxygen atoms in total. The van der Waals surface area contributed by atoms with E-state index in [1.807, 2.05) is 30.3 Å². The molecule has 1 aromatic carbocycles. The smallest absolute Gasteiger partial charge is 0.338 e. The number of nitrogens with one attached hydrogen (secondary N) is 1. The van der Waals surface area contributed by atoms with Crippen molar-refractivity contribution in [1.29, 1.82) is 0 Å². The third kappa shape index (κ3) is 5.48. The molecule has 0 aliphatic carbocycles. The van der Waals surface area contributed by atoms with Gasteiger partial charge in [-0.1, -0.05) is 30.3 Å². The molecule has 0 radical (unpaired) electrons. The summed E-state index contributed by atoms with van der Waals surface area (Å²) < 4.78 is 40.7. The van der Waals surface area contributed by atoms with Gasteiger partial charge in [0.1, 0.15) is 0 Å². The molecule has 0 bridgehead atoms. The predicted molar refractivity (Wildman–Crippen MR) is 118 cm³/mol. The summed E-state index contributed by atoms with van der Waals surface area (Å²) in [6, 6.07) is 9.55. The van der Waals surface area contributed by atoms with E-state index in [4.69, 9.17) is 0 Å². The Balaban J connectivity index is 1.29. The minimum absolute atomic E-state index is 0.0598. The average molecular weight is 486 g/mol. The zero-order valence-electron chi connectivity index (χ0n) is 18.4. The summed E-state index contributed by atoms with van der Waals surface area (Å²) in [6.07, 6.45) is 0.292. The highest BCUT2D eigenvalue weighted by Gasteiger charge is 2.37. The third-order valence-corrected chi connectivity index (χ3v) is 5.57. The fourth-order valence-corrected chi connectivity index (χ4v) is 3.70. The number of hydrogen-bond donors (Lipinski definition) is 1. The number of aromatic nitrogens is 3. The SMILES string of the molecule is O=C(CNC(=O)n1cc(-c2ccccc2)cn1)N1CCN(C(=O)c2cnccc2C(F)(F)F)CC1. The van der Waals surface area contributed by atoms with Crippen LogP contribution < -0.4 is 5.32 Å². The summed E-state index contributed by atoms with van der Waals surface area (Å²) in [7, 11) is 0. The second-order valence-electron chi connectivity index (χ2n) is 7.79. The molecule has 0 spiro atoms. The Labute approximate surface area is 198 Å². The minimum atomic E-state index is -4.68. The maximum atomic E-state index is 13.2. The standard InChI is InChI=1S/C23H21F3N6O3/c24-23(25,26)19-6-7-27-13-18(19)21(34)31-10-8-30(9-11-31)20(33)14-28-22(35)32-15-17(12-29-32)16-4-2-1-3-5-16/h1-7,12-13,15H,8-11,14H2,(H,28,35). The Morgan fingerprint density at radius 1 is 0.914 bits per heavy atom. The van der Waals surface area contributed by atoms with E-state index in [0.29, 0.717) is 0 Å². The first-order valence-electron chi connectivity index (χ1n) is 10.7. The minimum Gasteiger partial charge on any atom is -0.338 e. The zero-order chi connectivity index (χ0) is 25.0. The van der Waals surface area contributed by atoms with Crippen molar-refractivity contribution in [3.63, 3.8) is 0 Å². The highest BCUT2D eigenvalue weighted by atomic mass is 19.4. The van der Waals surface area contributed by atoms with Crippen LogP contribution >= 0.6 is 0 Å². The van der Waals surface area contributed by atoms with Crippen LogP contribution in [0.1, 0.15) is 15.9 Å². The molecule has 3 amide bonds. The van der Waals surface area contributed by atoms with Crippen LogP contribution in [0.3, 0.4) is 0 Å². The van der Waals surface area contributed by atoms with Gasteiger partial charge >= 0.3 is 12.2 Å². The van der Waals surface area contributed by atoms with Crippen LogP contribution in [0.4, 0.5) is 18.0 Å². The van der Waals surface area contributed by atoms with E-state index in [9.17, 15) is 27.6 Å². The van der Waals surface area contributed by atoms with E-state index >= 15 is 0 Å². The van der Waals surface area contributed by atoms with Gasteiger partial charge < -0.3 is 15.1 Å². The van der Waals surface area contributed by atoms with Gasteiger partial charge in [-0.3, -0.25) is 14.6 Å². The molecular formula is C23H21F3N6O3. The van der Waals surface area contributed by atoms with Gasteiger partial charge in [0.05, 0.1) is 23.9 Å². The number of carbonyl (C=O) groups excluding carboxylic acids is 3. The molecule has 0 saturated carbocycles. The highest BCUT2D eigenvalue weighted by molar-refractivity contribution is 5.96. The lowest BCUT2D eigenvalue weighted by Crippen LogP contribution is -2.53. The summed E-state index contributed by atoms with van der Waals surface area (Å²) in [5.41, 5.74) is 0.0627. The van der Waals surface area contributed by atoms with Crippen molar-refractivity contribution < 1.29 is 27.6 Å². The van der Waals surface area contributed by atoms with Gasteiger partial charge in [0, 0.05) is 50.3 Å². The first kappa shape index (κ1) is 23.9. The van der Waals surface area contributed by atoms with Gasteiger partial charge in [-0.2, -0.15) is 23.0 Å². The van der Waals surface area contributed by atoms with E-state index in [0.717, 1.165) is 34.3 Å². The van der Waals surface area contributed by atoms with Crippen molar-refractivity contribution in [2.45, 2.75) is 6.18 Å². The van der Waals surface area contributed by atoms with E-state index in [2.05, 4.69) is 15.4 Å². The molecule has 12 heteroatoms. The number of carbonyl (C=O) groups is 3. The van der Waals surface area contributed by atoms with Crippen LogP contribution in [-0.4, -0.2) is 75.1 Å². The average Bonchev–Trinajstić information content (AvgIpc) is 3.37. The summed E-state index contributed by atoms with van der Waals surface area (Å²) in [4.78, 5) is 43.8. The first-order valence-corrected chi connectivity index (χ1v) is 10.7. The summed E-state index contributed by atoms with van der Waals surface area (Å²) >= 11 is 0. The molecule has 0 atom stereocenters. The fourth-order valence-electron chi connectivity index (χ4n) is 3.70. The number of nitrogens with zero attached hydrogens (tertiary/aromatic N) is 5. The third-order valence-electron chi connectivity index (χ3n) is 5.57. The number of benzene rings is 1. The number of amides is 3. The van der Waals surface area contributed by atoms with E-state index in [1.54, 1.807) is 12.4 Å².